The van der Waals surface area contributed by atoms with Gasteiger partial charge in [0.1, 0.15) is 0 Å². The minimum Gasteiger partial charge on any atom is -0.377 e. The summed E-state index contributed by atoms with van der Waals surface area (Å²) in [4.78, 5) is 11.7. The van der Waals surface area contributed by atoms with Gasteiger partial charge in [0.15, 0.2) is 0 Å². The Balaban J connectivity index is 0.00000242. The average Bonchev–Trinajstić information content (AvgIpc) is 2.94. The Morgan fingerprint density at radius 1 is 1.36 bits per heavy atom. The van der Waals surface area contributed by atoms with Gasteiger partial charge in [0.05, 0.1) is 12.6 Å². The smallest absolute Gasteiger partial charge is 0.233 e. The molecule has 22 heavy (non-hydrogen) atoms. The first kappa shape index (κ1) is 19.5. The number of benzene rings is 1. The maximum Gasteiger partial charge on any atom is 0.233 e. The second-order valence-electron chi connectivity index (χ2n) is 5.10. The molecule has 1 aliphatic rings. The van der Waals surface area contributed by atoms with Crippen LogP contribution in [0.3, 0.4) is 0 Å². The summed E-state index contributed by atoms with van der Waals surface area (Å²) in [5.74, 6) is -0.0157. The maximum absolute atomic E-state index is 11.7. The molecular weight excluding hydrogens is 347 g/mol. The van der Waals surface area contributed by atoms with Crippen LogP contribution in [0, 0.1) is 0 Å². The lowest BCUT2D eigenvalue weighted by molar-refractivity contribution is -0.120. The fourth-order valence-electron chi connectivity index (χ4n) is 2.28. The second-order valence-corrected chi connectivity index (χ2v) is 5.95. The van der Waals surface area contributed by atoms with Gasteiger partial charge >= 0.3 is 0 Å². The van der Waals surface area contributed by atoms with Crippen molar-refractivity contribution in [3.05, 3.63) is 33.8 Å². The molecule has 1 aliphatic heterocycles. The van der Waals surface area contributed by atoms with E-state index in [1.807, 2.05) is 6.07 Å². The molecule has 0 aromatic heterocycles. The zero-order valence-corrected chi connectivity index (χ0v) is 14.6. The highest BCUT2D eigenvalue weighted by Gasteiger charge is 2.14. The van der Waals surface area contributed by atoms with Crippen molar-refractivity contribution in [3.63, 3.8) is 0 Å². The van der Waals surface area contributed by atoms with Gasteiger partial charge in [-0.1, -0.05) is 29.3 Å². The summed E-state index contributed by atoms with van der Waals surface area (Å²) in [6.45, 7) is 2.44. The summed E-state index contributed by atoms with van der Waals surface area (Å²) in [5.41, 5.74) is 0.980. The van der Waals surface area contributed by atoms with E-state index in [4.69, 9.17) is 27.9 Å². The molecule has 1 fully saturated rings. The molecule has 0 saturated carbocycles. The van der Waals surface area contributed by atoms with Crippen LogP contribution in [0.5, 0.6) is 0 Å². The first-order chi connectivity index (χ1) is 10.1. The van der Waals surface area contributed by atoms with Gasteiger partial charge in [0, 0.05) is 29.7 Å². The summed E-state index contributed by atoms with van der Waals surface area (Å²) < 4.78 is 5.48. The standard InChI is InChI=1S/C15H20Cl2N2O2.ClH/c16-12-4-3-11(14(17)8-12)5-6-19-15(20)10-18-9-13-2-1-7-21-13;/h3-4,8,13,18H,1-2,5-7,9-10H2,(H,19,20);1H. The van der Waals surface area contributed by atoms with Crippen LogP contribution in [-0.4, -0.2) is 38.3 Å². The van der Waals surface area contributed by atoms with Crippen molar-refractivity contribution in [1.82, 2.24) is 10.6 Å². The molecule has 1 heterocycles. The molecule has 1 unspecified atom stereocenters. The molecule has 1 atom stereocenters. The normalized spacial score (nSPS) is 17.1. The third-order valence-corrected chi connectivity index (χ3v) is 4.00. The molecular formula is C15H21Cl3N2O2. The van der Waals surface area contributed by atoms with E-state index in [0.717, 1.165) is 31.6 Å². The minimum absolute atomic E-state index is 0. The molecule has 0 radical (unpaired) electrons. The Morgan fingerprint density at radius 2 is 2.18 bits per heavy atom. The van der Waals surface area contributed by atoms with Crippen LogP contribution >= 0.6 is 35.6 Å². The van der Waals surface area contributed by atoms with Crippen molar-refractivity contribution < 1.29 is 9.53 Å². The van der Waals surface area contributed by atoms with Crippen LogP contribution < -0.4 is 10.6 Å². The first-order valence-corrected chi connectivity index (χ1v) is 7.93. The van der Waals surface area contributed by atoms with Crippen LogP contribution in [0.15, 0.2) is 18.2 Å². The first-order valence-electron chi connectivity index (χ1n) is 7.18. The topological polar surface area (TPSA) is 50.4 Å². The SMILES string of the molecule is Cl.O=C(CNCC1CCCO1)NCCc1ccc(Cl)cc1Cl. The van der Waals surface area contributed by atoms with Crippen LogP contribution in [-0.2, 0) is 16.0 Å². The van der Waals surface area contributed by atoms with E-state index in [2.05, 4.69) is 10.6 Å². The number of hydrogen-bond acceptors (Lipinski definition) is 3. The summed E-state index contributed by atoms with van der Waals surface area (Å²) in [6.07, 6.45) is 3.13. The van der Waals surface area contributed by atoms with E-state index >= 15 is 0 Å². The lowest BCUT2D eigenvalue weighted by atomic mass is 10.1. The summed E-state index contributed by atoms with van der Waals surface area (Å²) in [6, 6.07) is 5.39. The Morgan fingerprint density at radius 3 is 2.86 bits per heavy atom. The fourth-order valence-corrected chi connectivity index (χ4v) is 2.78. The number of carbonyl (C=O) groups is 1. The number of hydrogen-bond donors (Lipinski definition) is 2. The Labute approximate surface area is 147 Å². The predicted octanol–water partition coefficient (Wildman–Crippen LogP) is 2.84. The van der Waals surface area contributed by atoms with Crippen LogP contribution in [0.4, 0.5) is 0 Å². The molecule has 1 aromatic rings. The predicted molar refractivity (Wildman–Crippen MR) is 92.3 cm³/mol. The van der Waals surface area contributed by atoms with Gasteiger partial charge in [-0.05, 0) is 37.0 Å². The number of rotatable bonds is 7. The van der Waals surface area contributed by atoms with Gasteiger partial charge < -0.3 is 15.4 Å². The highest BCUT2D eigenvalue weighted by molar-refractivity contribution is 6.35. The molecule has 0 aliphatic carbocycles. The molecule has 0 spiro atoms. The number of carbonyl (C=O) groups excluding carboxylic acids is 1. The van der Waals surface area contributed by atoms with Gasteiger partial charge in [-0.2, -0.15) is 0 Å². The lowest BCUT2D eigenvalue weighted by Gasteiger charge is -2.11. The van der Waals surface area contributed by atoms with Crippen molar-refractivity contribution in [3.8, 4) is 0 Å². The lowest BCUT2D eigenvalue weighted by Crippen LogP contribution is -2.37. The summed E-state index contributed by atoms with van der Waals surface area (Å²) >= 11 is 11.9. The zero-order chi connectivity index (χ0) is 15.1. The van der Waals surface area contributed by atoms with Gasteiger partial charge in [-0.15, -0.1) is 12.4 Å². The zero-order valence-electron chi connectivity index (χ0n) is 12.2. The number of nitrogens with one attached hydrogen (secondary N) is 2. The Hall–Kier alpha value is -0.520. The molecule has 7 heteroatoms. The van der Waals surface area contributed by atoms with E-state index in [1.165, 1.54) is 0 Å². The molecule has 1 aromatic carbocycles. The molecule has 1 saturated heterocycles. The van der Waals surface area contributed by atoms with Crippen molar-refractivity contribution in [1.29, 1.82) is 0 Å². The fraction of sp³-hybridized carbons (Fsp3) is 0.533. The Bertz CT molecular complexity index is 480. The maximum atomic E-state index is 11.7. The van der Waals surface area contributed by atoms with Crippen LogP contribution in [0.25, 0.3) is 0 Å². The summed E-state index contributed by atoms with van der Waals surface area (Å²) in [7, 11) is 0. The van der Waals surface area contributed by atoms with E-state index in [-0.39, 0.29) is 24.4 Å². The van der Waals surface area contributed by atoms with Gasteiger partial charge in [0.25, 0.3) is 0 Å². The molecule has 2 rings (SSSR count). The van der Waals surface area contributed by atoms with Crippen LogP contribution in [0.2, 0.25) is 10.0 Å². The van der Waals surface area contributed by atoms with Gasteiger partial charge in [0.2, 0.25) is 5.91 Å². The van der Waals surface area contributed by atoms with E-state index < -0.39 is 0 Å². The minimum atomic E-state index is -0.0157. The second kappa shape index (κ2) is 10.3. The van der Waals surface area contributed by atoms with Crippen molar-refractivity contribution in [2.75, 3.05) is 26.2 Å². The molecule has 4 nitrogen and oxygen atoms in total. The number of halogens is 3. The van der Waals surface area contributed by atoms with Gasteiger partial charge in [-0.3, -0.25) is 4.79 Å². The Kier molecular flexibility index (Phi) is 9.13. The largest absolute Gasteiger partial charge is 0.377 e. The monoisotopic (exact) mass is 366 g/mol. The number of amides is 1. The molecule has 2 N–H and O–H groups in total. The highest BCUT2D eigenvalue weighted by Crippen LogP contribution is 2.20. The number of ether oxygens (including phenoxy) is 1. The van der Waals surface area contributed by atoms with Crippen molar-refractivity contribution in [2.24, 2.45) is 0 Å². The molecule has 1 amide bonds. The third-order valence-electron chi connectivity index (χ3n) is 3.41. The van der Waals surface area contributed by atoms with E-state index in [1.54, 1.807) is 12.1 Å². The highest BCUT2D eigenvalue weighted by atomic mass is 35.5. The summed E-state index contributed by atoms with van der Waals surface area (Å²) in [5, 5.41) is 7.23. The quantitative estimate of drug-likeness (QED) is 0.779. The molecule has 0 bridgehead atoms. The third kappa shape index (κ3) is 6.71. The average molecular weight is 368 g/mol. The van der Waals surface area contributed by atoms with E-state index in [0.29, 0.717) is 29.6 Å². The van der Waals surface area contributed by atoms with Crippen LogP contribution in [0.1, 0.15) is 18.4 Å². The van der Waals surface area contributed by atoms with Crippen molar-refractivity contribution in [2.45, 2.75) is 25.4 Å². The van der Waals surface area contributed by atoms with E-state index in [9.17, 15) is 4.79 Å². The molecule has 124 valence electrons. The van der Waals surface area contributed by atoms with Gasteiger partial charge in [-0.25, -0.2) is 0 Å². The van der Waals surface area contributed by atoms with Crippen molar-refractivity contribution >= 4 is 41.5 Å².